The van der Waals surface area contributed by atoms with Crippen LogP contribution in [0.3, 0.4) is 0 Å². The zero-order valence-electron chi connectivity index (χ0n) is 8.96. The van der Waals surface area contributed by atoms with Crippen molar-refractivity contribution in [1.29, 1.82) is 0 Å². The second kappa shape index (κ2) is 3.40. The van der Waals surface area contributed by atoms with E-state index in [1.807, 2.05) is 20.8 Å². The van der Waals surface area contributed by atoms with Crippen molar-refractivity contribution >= 4 is 0 Å². The van der Waals surface area contributed by atoms with E-state index in [9.17, 15) is 10.2 Å². The molecule has 0 fully saturated rings. The van der Waals surface area contributed by atoms with Crippen LogP contribution in [0.2, 0.25) is 0 Å². The maximum absolute atomic E-state index is 9.82. The Hall–Kier alpha value is -1.38. The van der Waals surface area contributed by atoms with Crippen molar-refractivity contribution in [3.63, 3.8) is 0 Å². The van der Waals surface area contributed by atoms with Crippen molar-refractivity contribution in [3.05, 3.63) is 17.7 Å². The van der Waals surface area contributed by atoms with Crippen LogP contribution >= 0.6 is 0 Å². The van der Waals surface area contributed by atoms with E-state index in [0.29, 0.717) is 11.3 Å². The van der Waals surface area contributed by atoms with Crippen molar-refractivity contribution in [3.8, 4) is 17.2 Å². The number of benzene rings is 1. The van der Waals surface area contributed by atoms with Crippen molar-refractivity contribution in [2.45, 2.75) is 26.2 Å². The fraction of sp³-hybridized carbons (Fsp3) is 0.455. The topological polar surface area (TPSA) is 49.7 Å². The van der Waals surface area contributed by atoms with E-state index in [1.165, 1.54) is 13.2 Å². The summed E-state index contributed by atoms with van der Waals surface area (Å²) in [6, 6.07) is 3.07. The van der Waals surface area contributed by atoms with Gasteiger partial charge in [-0.1, -0.05) is 20.8 Å². The lowest BCUT2D eigenvalue weighted by Crippen LogP contribution is -2.12. The molecular formula is C11H16O3. The third kappa shape index (κ3) is 1.76. The van der Waals surface area contributed by atoms with Crippen molar-refractivity contribution in [1.82, 2.24) is 0 Å². The predicted molar refractivity (Wildman–Crippen MR) is 55.0 cm³/mol. The summed E-state index contributed by atoms with van der Waals surface area (Å²) in [4.78, 5) is 0. The van der Waals surface area contributed by atoms with Gasteiger partial charge in [0.1, 0.15) is 5.75 Å². The minimum absolute atomic E-state index is 0.0139. The fourth-order valence-electron chi connectivity index (χ4n) is 1.47. The molecule has 0 aromatic heterocycles. The van der Waals surface area contributed by atoms with E-state index < -0.39 is 0 Å². The van der Waals surface area contributed by atoms with E-state index >= 15 is 0 Å². The molecule has 14 heavy (non-hydrogen) atoms. The first-order valence-electron chi connectivity index (χ1n) is 4.47. The number of aromatic hydroxyl groups is 2. The monoisotopic (exact) mass is 196 g/mol. The second-order valence-electron chi connectivity index (χ2n) is 4.26. The number of hydrogen-bond donors (Lipinski definition) is 2. The zero-order valence-corrected chi connectivity index (χ0v) is 8.96. The van der Waals surface area contributed by atoms with Crippen LogP contribution in [0.4, 0.5) is 0 Å². The van der Waals surface area contributed by atoms with Gasteiger partial charge in [-0.2, -0.15) is 0 Å². The molecule has 0 aliphatic carbocycles. The van der Waals surface area contributed by atoms with Crippen LogP contribution in [0.25, 0.3) is 0 Å². The van der Waals surface area contributed by atoms with Gasteiger partial charge >= 0.3 is 0 Å². The molecule has 3 nitrogen and oxygen atoms in total. The summed E-state index contributed by atoms with van der Waals surface area (Å²) in [6.07, 6.45) is 0. The van der Waals surface area contributed by atoms with Crippen molar-refractivity contribution in [2.24, 2.45) is 0 Å². The third-order valence-electron chi connectivity index (χ3n) is 2.09. The maximum atomic E-state index is 9.82. The lowest BCUT2D eigenvalue weighted by Gasteiger charge is -2.22. The Morgan fingerprint density at radius 3 is 2.14 bits per heavy atom. The molecule has 3 heteroatoms. The van der Waals surface area contributed by atoms with Crippen LogP contribution in [-0.4, -0.2) is 17.3 Å². The van der Waals surface area contributed by atoms with Gasteiger partial charge in [0.05, 0.1) is 7.11 Å². The Bertz CT molecular complexity index is 337. The molecular weight excluding hydrogens is 180 g/mol. The molecule has 0 aliphatic rings. The standard InChI is InChI=1S/C11H16O3/c1-11(2,3)9-7(12)5-6-8(14-4)10(9)13/h5-6,12-13H,1-4H3. The van der Waals surface area contributed by atoms with Crippen LogP contribution in [0, 0.1) is 0 Å². The van der Waals surface area contributed by atoms with Crippen LogP contribution in [0.5, 0.6) is 17.2 Å². The maximum Gasteiger partial charge on any atom is 0.165 e. The summed E-state index contributed by atoms with van der Waals surface area (Å²) < 4.78 is 4.97. The molecule has 0 unspecified atom stereocenters. The molecule has 0 saturated carbocycles. The van der Waals surface area contributed by atoms with Gasteiger partial charge in [0.25, 0.3) is 0 Å². The molecule has 1 rings (SSSR count). The van der Waals surface area contributed by atoms with Gasteiger partial charge in [-0.05, 0) is 17.5 Å². The lowest BCUT2D eigenvalue weighted by molar-refractivity contribution is 0.355. The SMILES string of the molecule is COc1ccc(O)c(C(C)(C)C)c1O. The first-order chi connectivity index (χ1) is 6.38. The first-order valence-corrected chi connectivity index (χ1v) is 4.47. The normalized spacial score (nSPS) is 11.4. The summed E-state index contributed by atoms with van der Waals surface area (Å²) >= 11 is 0. The number of ether oxygens (including phenoxy) is 1. The van der Waals surface area contributed by atoms with E-state index in [-0.39, 0.29) is 16.9 Å². The summed E-state index contributed by atoms with van der Waals surface area (Å²) in [6.45, 7) is 5.75. The van der Waals surface area contributed by atoms with E-state index in [2.05, 4.69) is 0 Å². The van der Waals surface area contributed by atoms with Gasteiger partial charge < -0.3 is 14.9 Å². The van der Waals surface area contributed by atoms with Gasteiger partial charge in [0.15, 0.2) is 11.5 Å². The highest BCUT2D eigenvalue weighted by Gasteiger charge is 2.24. The number of rotatable bonds is 1. The van der Waals surface area contributed by atoms with E-state index in [4.69, 9.17) is 4.74 Å². The van der Waals surface area contributed by atoms with Crippen LogP contribution in [0.1, 0.15) is 26.3 Å². The Balaban J connectivity index is 3.40. The number of phenolic OH excluding ortho intramolecular Hbond substituents is 2. The minimum Gasteiger partial charge on any atom is -0.508 e. The Labute approximate surface area is 84.0 Å². The quantitative estimate of drug-likeness (QED) is 0.725. The molecule has 0 amide bonds. The van der Waals surface area contributed by atoms with Crippen LogP contribution in [-0.2, 0) is 5.41 Å². The molecule has 1 aromatic rings. The average Bonchev–Trinajstić information content (AvgIpc) is 2.02. The first kappa shape index (κ1) is 10.7. The van der Waals surface area contributed by atoms with Crippen molar-refractivity contribution in [2.75, 3.05) is 7.11 Å². The summed E-state index contributed by atoms with van der Waals surface area (Å²) in [5.41, 5.74) is 0.194. The second-order valence-corrected chi connectivity index (χ2v) is 4.26. The molecule has 0 saturated heterocycles. The summed E-state index contributed by atoms with van der Waals surface area (Å²) in [7, 11) is 1.48. The largest absolute Gasteiger partial charge is 0.508 e. The molecule has 78 valence electrons. The van der Waals surface area contributed by atoms with Gasteiger partial charge in [-0.15, -0.1) is 0 Å². The van der Waals surface area contributed by atoms with Crippen molar-refractivity contribution < 1.29 is 14.9 Å². The van der Waals surface area contributed by atoms with E-state index in [1.54, 1.807) is 6.07 Å². The number of hydrogen-bond acceptors (Lipinski definition) is 3. The summed E-state index contributed by atoms with van der Waals surface area (Å²) in [5, 5.41) is 19.5. The third-order valence-corrected chi connectivity index (χ3v) is 2.09. The highest BCUT2D eigenvalue weighted by molar-refractivity contribution is 5.55. The zero-order chi connectivity index (χ0) is 10.9. The summed E-state index contributed by atoms with van der Waals surface area (Å²) in [5.74, 6) is 0.489. The minimum atomic E-state index is -0.317. The Morgan fingerprint density at radius 2 is 1.71 bits per heavy atom. The molecule has 0 spiro atoms. The Kier molecular flexibility index (Phi) is 2.60. The van der Waals surface area contributed by atoms with Gasteiger partial charge in [-0.3, -0.25) is 0 Å². The fourth-order valence-corrected chi connectivity index (χ4v) is 1.47. The Morgan fingerprint density at radius 1 is 1.14 bits per heavy atom. The lowest BCUT2D eigenvalue weighted by atomic mass is 9.85. The number of phenols is 2. The van der Waals surface area contributed by atoms with Gasteiger partial charge in [0.2, 0.25) is 0 Å². The molecule has 0 bridgehead atoms. The number of methoxy groups -OCH3 is 1. The molecule has 2 N–H and O–H groups in total. The van der Waals surface area contributed by atoms with Crippen LogP contribution < -0.4 is 4.74 Å². The molecule has 0 heterocycles. The highest BCUT2D eigenvalue weighted by Crippen LogP contribution is 2.42. The molecule has 0 aliphatic heterocycles. The predicted octanol–water partition coefficient (Wildman–Crippen LogP) is 2.40. The smallest absolute Gasteiger partial charge is 0.165 e. The highest BCUT2D eigenvalue weighted by atomic mass is 16.5. The van der Waals surface area contributed by atoms with Crippen LogP contribution in [0.15, 0.2) is 12.1 Å². The molecule has 0 radical (unpaired) electrons. The van der Waals surface area contributed by atoms with E-state index in [0.717, 1.165) is 0 Å². The van der Waals surface area contributed by atoms with Gasteiger partial charge in [-0.25, -0.2) is 0 Å². The van der Waals surface area contributed by atoms with Gasteiger partial charge in [0, 0.05) is 5.56 Å². The average molecular weight is 196 g/mol. The molecule has 1 aromatic carbocycles. The molecule has 0 atom stereocenters.